The van der Waals surface area contributed by atoms with Crippen LogP contribution in [0.15, 0.2) is 48.5 Å². The minimum atomic E-state index is -3.47. The number of carbonyl (C=O) groups excluding carboxylic acids is 1. The van der Waals surface area contributed by atoms with E-state index in [-0.39, 0.29) is 18.3 Å². The molecule has 1 amide bonds. The molecule has 0 saturated heterocycles. The van der Waals surface area contributed by atoms with E-state index in [0.717, 1.165) is 6.26 Å². The Kier molecular flexibility index (Phi) is 5.00. The third kappa shape index (κ3) is 3.72. The van der Waals surface area contributed by atoms with Crippen molar-refractivity contribution in [2.24, 2.45) is 0 Å². The summed E-state index contributed by atoms with van der Waals surface area (Å²) in [6.07, 6.45) is 1.16. The third-order valence-electron chi connectivity index (χ3n) is 4.56. The zero-order valence-electron chi connectivity index (χ0n) is 14.5. The van der Waals surface area contributed by atoms with Crippen molar-refractivity contribution in [3.8, 4) is 5.75 Å². The van der Waals surface area contributed by atoms with E-state index in [0.29, 0.717) is 16.9 Å². The molecule has 1 aliphatic heterocycles. The number of ether oxygens (including phenoxy) is 1. The lowest BCUT2D eigenvalue weighted by Crippen LogP contribution is -2.48. The highest BCUT2D eigenvalue weighted by molar-refractivity contribution is 7.91. The molecule has 0 unspecified atom stereocenters. The largest absolute Gasteiger partial charge is 0.491 e. The van der Waals surface area contributed by atoms with E-state index in [9.17, 15) is 17.6 Å². The summed E-state index contributed by atoms with van der Waals surface area (Å²) in [4.78, 5) is 12.6. The summed E-state index contributed by atoms with van der Waals surface area (Å²) in [6, 6.07) is 11.9. The fourth-order valence-corrected chi connectivity index (χ4v) is 4.59. The number of fused-ring (bicyclic) bond motifs is 1. The second-order valence-corrected chi connectivity index (χ2v) is 8.65. The zero-order valence-corrected chi connectivity index (χ0v) is 15.3. The van der Waals surface area contributed by atoms with Gasteiger partial charge in [-0.2, -0.15) is 0 Å². The molecule has 3 rings (SSSR count). The van der Waals surface area contributed by atoms with Crippen LogP contribution < -0.4 is 10.1 Å². The Balaban J connectivity index is 1.84. The number of halogens is 1. The molecule has 1 N–H and O–H groups in total. The first-order chi connectivity index (χ1) is 12.3. The maximum Gasteiger partial charge on any atom is 0.227 e. The van der Waals surface area contributed by atoms with E-state index in [1.165, 1.54) is 12.1 Å². The molecule has 0 spiro atoms. The molecule has 0 aliphatic carbocycles. The van der Waals surface area contributed by atoms with Crippen LogP contribution in [0.3, 0.4) is 0 Å². The summed E-state index contributed by atoms with van der Waals surface area (Å²) < 4.78 is 43.4. The Bertz CT molecular complexity index is 911. The highest BCUT2D eigenvalue weighted by atomic mass is 32.2. The second-order valence-electron chi connectivity index (χ2n) is 6.49. The number of rotatable bonds is 4. The summed E-state index contributed by atoms with van der Waals surface area (Å²) in [5.74, 6) is -0.748. The van der Waals surface area contributed by atoms with E-state index in [2.05, 4.69) is 5.32 Å². The van der Waals surface area contributed by atoms with Crippen LogP contribution in [-0.2, 0) is 14.6 Å². The molecule has 3 atom stereocenters. The number of amides is 1. The average Bonchev–Trinajstić information content (AvgIpc) is 2.60. The van der Waals surface area contributed by atoms with Crippen molar-refractivity contribution >= 4 is 15.7 Å². The van der Waals surface area contributed by atoms with Gasteiger partial charge in [-0.25, -0.2) is 12.8 Å². The predicted octanol–water partition coefficient (Wildman–Crippen LogP) is 2.59. The van der Waals surface area contributed by atoms with Crippen LogP contribution in [0.1, 0.15) is 29.2 Å². The standard InChI is InChI=1S/C19H20FNO4S/c1-12(13-7-9-14(20)10-8-13)19(22)21-16-11-25-17-6-4-3-5-15(17)18(16)26(2,23)24/h3-10,12,16,18H,11H2,1-2H3,(H,21,22)/t12-,16+,18+/m0/s1. The van der Waals surface area contributed by atoms with Gasteiger partial charge in [-0.15, -0.1) is 0 Å². The number of carbonyl (C=O) groups is 1. The molecule has 0 fully saturated rings. The first-order valence-corrected chi connectivity index (χ1v) is 10.2. The predicted molar refractivity (Wildman–Crippen MR) is 96.3 cm³/mol. The highest BCUT2D eigenvalue weighted by Crippen LogP contribution is 2.37. The van der Waals surface area contributed by atoms with Gasteiger partial charge in [0.15, 0.2) is 9.84 Å². The Morgan fingerprint density at radius 3 is 2.50 bits per heavy atom. The lowest BCUT2D eigenvalue weighted by molar-refractivity contribution is -0.123. The summed E-state index contributed by atoms with van der Waals surface area (Å²) >= 11 is 0. The SMILES string of the molecule is C[C@H](C(=O)N[C@@H]1COc2ccccc2[C@H]1S(C)(=O)=O)c1ccc(F)cc1. The van der Waals surface area contributed by atoms with Crippen molar-refractivity contribution < 1.29 is 22.3 Å². The molecule has 2 aromatic rings. The van der Waals surface area contributed by atoms with Gasteiger partial charge in [-0.3, -0.25) is 4.79 Å². The molecule has 2 aromatic carbocycles. The molecule has 0 bridgehead atoms. The van der Waals surface area contributed by atoms with Gasteiger partial charge in [0.2, 0.25) is 5.91 Å². The van der Waals surface area contributed by atoms with E-state index in [4.69, 9.17) is 4.74 Å². The summed E-state index contributed by atoms with van der Waals surface area (Å²) in [7, 11) is -3.47. The third-order valence-corrected chi connectivity index (χ3v) is 6.07. The number of benzene rings is 2. The van der Waals surface area contributed by atoms with E-state index in [1.54, 1.807) is 43.3 Å². The van der Waals surface area contributed by atoms with Crippen LogP contribution in [0.25, 0.3) is 0 Å². The van der Waals surface area contributed by atoms with Gasteiger partial charge >= 0.3 is 0 Å². The smallest absolute Gasteiger partial charge is 0.227 e. The first-order valence-electron chi connectivity index (χ1n) is 8.24. The maximum atomic E-state index is 13.1. The number of nitrogens with one attached hydrogen (secondary N) is 1. The van der Waals surface area contributed by atoms with Gasteiger partial charge in [0.05, 0.1) is 12.0 Å². The van der Waals surface area contributed by atoms with Crippen LogP contribution in [0.5, 0.6) is 5.75 Å². The Morgan fingerprint density at radius 1 is 1.19 bits per heavy atom. The van der Waals surface area contributed by atoms with Crippen LogP contribution in [0, 0.1) is 5.82 Å². The van der Waals surface area contributed by atoms with Crippen molar-refractivity contribution in [3.05, 3.63) is 65.5 Å². The lowest BCUT2D eigenvalue weighted by atomic mass is 9.98. The molecular formula is C19H20FNO4S. The molecule has 0 aromatic heterocycles. The number of sulfone groups is 1. The molecule has 1 aliphatic rings. The van der Waals surface area contributed by atoms with Gasteiger partial charge in [0, 0.05) is 11.8 Å². The Hall–Kier alpha value is -2.41. The number of hydrogen-bond acceptors (Lipinski definition) is 4. The monoisotopic (exact) mass is 377 g/mol. The number of para-hydroxylation sites is 1. The summed E-state index contributed by atoms with van der Waals surface area (Å²) in [5, 5.41) is 1.91. The number of hydrogen-bond donors (Lipinski definition) is 1. The minimum absolute atomic E-state index is 0.0661. The van der Waals surface area contributed by atoms with Gasteiger partial charge in [0.1, 0.15) is 23.4 Å². The summed E-state index contributed by atoms with van der Waals surface area (Å²) in [6.45, 7) is 1.76. The van der Waals surface area contributed by atoms with Crippen LogP contribution in [0.4, 0.5) is 4.39 Å². The highest BCUT2D eigenvalue weighted by Gasteiger charge is 2.39. The van der Waals surface area contributed by atoms with Crippen molar-refractivity contribution in [2.45, 2.75) is 24.1 Å². The van der Waals surface area contributed by atoms with Crippen LogP contribution in [-0.4, -0.2) is 33.2 Å². The van der Waals surface area contributed by atoms with Crippen molar-refractivity contribution in [1.29, 1.82) is 0 Å². The zero-order chi connectivity index (χ0) is 18.9. The fraction of sp³-hybridized carbons (Fsp3) is 0.316. The van der Waals surface area contributed by atoms with Crippen LogP contribution in [0.2, 0.25) is 0 Å². The van der Waals surface area contributed by atoms with Crippen LogP contribution >= 0.6 is 0 Å². The van der Waals surface area contributed by atoms with Crippen molar-refractivity contribution in [3.63, 3.8) is 0 Å². The molecule has 26 heavy (non-hydrogen) atoms. The topological polar surface area (TPSA) is 72.5 Å². The lowest BCUT2D eigenvalue weighted by Gasteiger charge is -2.33. The fourth-order valence-electron chi connectivity index (χ4n) is 3.19. The van der Waals surface area contributed by atoms with Crippen molar-refractivity contribution in [1.82, 2.24) is 5.32 Å². The van der Waals surface area contributed by atoms with Gasteiger partial charge in [-0.05, 0) is 30.7 Å². The molecule has 5 nitrogen and oxygen atoms in total. The Labute approximate surface area is 152 Å². The second kappa shape index (κ2) is 7.07. The molecule has 1 heterocycles. The quantitative estimate of drug-likeness (QED) is 0.889. The Morgan fingerprint density at radius 2 is 1.85 bits per heavy atom. The summed E-state index contributed by atoms with van der Waals surface area (Å²) in [5.41, 5.74) is 1.19. The van der Waals surface area contributed by atoms with E-state index >= 15 is 0 Å². The molecular weight excluding hydrogens is 357 g/mol. The molecule has 7 heteroatoms. The van der Waals surface area contributed by atoms with Gasteiger partial charge in [-0.1, -0.05) is 30.3 Å². The van der Waals surface area contributed by atoms with Gasteiger partial charge < -0.3 is 10.1 Å². The molecule has 0 radical (unpaired) electrons. The normalized spacial score (nSPS) is 20.6. The van der Waals surface area contributed by atoms with E-state index in [1.807, 2.05) is 0 Å². The van der Waals surface area contributed by atoms with Crippen molar-refractivity contribution in [2.75, 3.05) is 12.9 Å². The first kappa shape index (κ1) is 18.4. The maximum absolute atomic E-state index is 13.1. The van der Waals surface area contributed by atoms with Gasteiger partial charge in [0.25, 0.3) is 0 Å². The minimum Gasteiger partial charge on any atom is -0.491 e. The van der Waals surface area contributed by atoms with E-state index < -0.39 is 27.0 Å². The molecule has 138 valence electrons. The molecule has 0 saturated carbocycles. The average molecular weight is 377 g/mol.